The maximum atomic E-state index is 10.4. The third kappa shape index (κ3) is 4.06. The minimum absolute atomic E-state index is 0.311. The zero-order chi connectivity index (χ0) is 13.7. The highest BCUT2D eigenvalue weighted by molar-refractivity contribution is 7.07. The van der Waals surface area contributed by atoms with Crippen LogP contribution in [0.4, 0.5) is 0 Å². The number of ether oxygens (including phenoxy) is 1. The van der Waals surface area contributed by atoms with Gasteiger partial charge in [-0.3, -0.25) is 0 Å². The molecule has 0 aliphatic rings. The first-order valence-corrected chi connectivity index (χ1v) is 6.91. The van der Waals surface area contributed by atoms with Crippen LogP contribution in [0.2, 0.25) is 0 Å². The molecular formula is C14H15NO3S. The Bertz CT molecular complexity index is 522. The van der Waals surface area contributed by atoms with Crippen molar-refractivity contribution in [3.63, 3.8) is 0 Å². The Hall–Kier alpha value is -1.88. The van der Waals surface area contributed by atoms with Crippen LogP contribution in [0.25, 0.3) is 0 Å². The summed E-state index contributed by atoms with van der Waals surface area (Å²) < 4.78 is 5.09. The predicted octanol–water partition coefficient (Wildman–Crippen LogP) is 2.95. The predicted molar refractivity (Wildman–Crippen MR) is 73.8 cm³/mol. The first-order chi connectivity index (χ1) is 9.15. The lowest BCUT2D eigenvalue weighted by Gasteiger charge is -2.09. The number of benzene rings is 1. The number of hydrogen-bond donors (Lipinski definition) is 1. The first kappa shape index (κ1) is 13.5. The Kier molecular flexibility index (Phi) is 4.52. The van der Waals surface area contributed by atoms with Crippen LogP contribution in [0.3, 0.4) is 0 Å². The summed E-state index contributed by atoms with van der Waals surface area (Å²) in [4.78, 5) is 14.7. The fourth-order valence-electron chi connectivity index (χ4n) is 1.79. The SMILES string of the molecule is C[C@@H](Cc1ccc(OCC(=O)O)cc1)c1cscn1. The van der Waals surface area contributed by atoms with Gasteiger partial charge in [-0.05, 0) is 24.1 Å². The molecule has 100 valence electrons. The van der Waals surface area contributed by atoms with Crippen molar-refractivity contribution in [3.05, 3.63) is 46.4 Å². The molecule has 0 bridgehead atoms. The molecule has 5 heteroatoms. The second-order valence-electron chi connectivity index (χ2n) is 4.34. The number of carboxylic acid groups (broad SMARTS) is 1. The molecular weight excluding hydrogens is 262 g/mol. The molecule has 0 aliphatic heterocycles. The van der Waals surface area contributed by atoms with E-state index < -0.39 is 5.97 Å². The van der Waals surface area contributed by atoms with E-state index in [0.29, 0.717) is 11.7 Å². The van der Waals surface area contributed by atoms with Gasteiger partial charge >= 0.3 is 5.97 Å². The summed E-state index contributed by atoms with van der Waals surface area (Å²) >= 11 is 1.60. The Morgan fingerprint density at radius 2 is 2.16 bits per heavy atom. The molecule has 1 atom stereocenters. The van der Waals surface area contributed by atoms with Crippen LogP contribution in [0.1, 0.15) is 24.1 Å². The van der Waals surface area contributed by atoms with E-state index in [1.807, 2.05) is 17.6 Å². The number of thiazole rings is 1. The topological polar surface area (TPSA) is 59.4 Å². The first-order valence-electron chi connectivity index (χ1n) is 5.97. The van der Waals surface area contributed by atoms with Crippen molar-refractivity contribution in [2.24, 2.45) is 0 Å². The number of carboxylic acids is 1. The molecule has 0 saturated carbocycles. The van der Waals surface area contributed by atoms with Crippen molar-refractivity contribution in [1.29, 1.82) is 0 Å². The molecule has 4 nitrogen and oxygen atoms in total. The molecule has 1 aromatic carbocycles. The molecule has 0 unspecified atom stereocenters. The molecule has 0 amide bonds. The van der Waals surface area contributed by atoms with Crippen LogP contribution < -0.4 is 4.74 Å². The largest absolute Gasteiger partial charge is 0.482 e. The summed E-state index contributed by atoms with van der Waals surface area (Å²) in [6.45, 7) is 1.83. The van der Waals surface area contributed by atoms with Crippen molar-refractivity contribution in [3.8, 4) is 5.75 Å². The molecule has 1 heterocycles. The third-order valence-electron chi connectivity index (χ3n) is 2.78. The van der Waals surface area contributed by atoms with Gasteiger partial charge in [-0.1, -0.05) is 19.1 Å². The Balaban J connectivity index is 1.93. The normalized spacial score (nSPS) is 12.1. The number of carbonyl (C=O) groups is 1. The Labute approximate surface area is 115 Å². The minimum atomic E-state index is -0.971. The number of aliphatic carboxylic acids is 1. The molecule has 0 spiro atoms. The molecule has 1 N–H and O–H groups in total. The van der Waals surface area contributed by atoms with Crippen LogP contribution in [-0.4, -0.2) is 22.7 Å². The molecule has 0 aliphatic carbocycles. The van der Waals surface area contributed by atoms with Gasteiger partial charge in [0.05, 0.1) is 11.2 Å². The van der Waals surface area contributed by atoms with Gasteiger partial charge in [0.2, 0.25) is 0 Å². The molecule has 2 aromatic rings. The molecule has 2 rings (SSSR count). The molecule has 0 fully saturated rings. The van der Waals surface area contributed by atoms with Gasteiger partial charge in [-0.2, -0.15) is 0 Å². The zero-order valence-corrected chi connectivity index (χ0v) is 11.4. The quantitative estimate of drug-likeness (QED) is 0.882. The van der Waals surface area contributed by atoms with E-state index >= 15 is 0 Å². The average Bonchev–Trinajstić information content (AvgIpc) is 2.92. The van der Waals surface area contributed by atoms with Gasteiger partial charge in [0.15, 0.2) is 6.61 Å². The van der Waals surface area contributed by atoms with Gasteiger partial charge in [0.1, 0.15) is 5.75 Å². The van der Waals surface area contributed by atoms with Crippen molar-refractivity contribution < 1.29 is 14.6 Å². The fourth-order valence-corrected chi connectivity index (χ4v) is 2.47. The van der Waals surface area contributed by atoms with Gasteiger partial charge in [-0.25, -0.2) is 9.78 Å². The highest BCUT2D eigenvalue weighted by atomic mass is 32.1. The van der Waals surface area contributed by atoms with Crippen molar-refractivity contribution >= 4 is 17.3 Å². The number of rotatable bonds is 6. The Morgan fingerprint density at radius 3 is 2.74 bits per heavy atom. The average molecular weight is 277 g/mol. The lowest BCUT2D eigenvalue weighted by molar-refractivity contribution is -0.139. The summed E-state index contributed by atoms with van der Waals surface area (Å²) in [5, 5.41) is 10.6. The van der Waals surface area contributed by atoms with E-state index in [-0.39, 0.29) is 6.61 Å². The molecule has 0 saturated heterocycles. The molecule has 19 heavy (non-hydrogen) atoms. The van der Waals surface area contributed by atoms with Crippen LogP contribution >= 0.6 is 11.3 Å². The van der Waals surface area contributed by atoms with E-state index in [1.54, 1.807) is 23.5 Å². The van der Waals surface area contributed by atoms with E-state index in [2.05, 4.69) is 17.3 Å². The van der Waals surface area contributed by atoms with Crippen LogP contribution in [0, 0.1) is 0 Å². The van der Waals surface area contributed by atoms with E-state index in [4.69, 9.17) is 9.84 Å². The third-order valence-corrected chi connectivity index (χ3v) is 3.39. The highest BCUT2D eigenvalue weighted by Gasteiger charge is 2.08. The van der Waals surface area contributed by atoms with Gasteiger partial charge in [-0.15, -0.1) is 11.3 Å². The van der Waals surface area contributed by atoms with Crippen LogP contribution in [0.5, 0.6) is 5.75 Å². The number of aromatic nitrogens is 1. The monoisotopic (exact) mass is 277 g/mol. The van der Waals surface area contributed by atoms with E-state index in [0.717, 1.165) is 12.1 Å². The summed E-state index contributed by atoms with van der Waals surface area (Å²) in [5.41, 5.74) is 4.13. The smallest absolute Gasteiger partial charge is 0.341 e. The van der Waals surface area contributed by atoms with Gasteiger partial charge < -0.3 is 9.84 Å². The summed E-state index contributed by atoms with van der Waals surface area (Å²) in [5.74, 6) is -0.0225. The number of hydrogen-bond acceptors (Lipinski definition) is 4. The van der Waals surface area contributed by atoms with E-state index in [9.17, 15) is 4.79 Å². The van der Waals surface area contributed by atoms with Crippen molar-refractivity contribution in [2.45, 2.75) is 19.3 Å². The maximum absolute atomic E-state index is 10.4. The van der Waals surface area contributed by atoms with Crippen molar-refractivity contribution in [2.75, 3.05) is 6.61 Å². The van der Waals surface area contributed by atoms with Gasteiger partial charge in [0, 0.05) is 11.3 Å². The molecule has 1 aromatic heterocycles. The van der Waals surface area contributed by atoms with Gasteiger partial charge in [0.25, 0.3) is 0 Å². The van der Waals surface area contributed by atoms with Crippen molar-refractivity contribution in [1.82, 2.24) is 4.98 Å². The zero-order valence-electron chi connectivity index (χ0n) is 10.6. The minimum Gasteiger partial charge on any atom is -0.482 e. The lowest BCUT2D eigenvalue weighted by Crippen LogP contribution is -2.09. The Morgan fingerprint density at radius 1 is 1.42 bits per heavy atom. The van der Waals surface area contributed by atoms with Crippen LogP contribution in [-0.2, 0) is 11.2 Å². The fraction of sp³-hybridized carbons (Fsp3) is 0.286. The summed E-state index contributed by atoms with van der Waals surface area (Å²) in [6, 6.07) is 7.51. The standard InChI is InChI=1S/C14H15NO3S/c1-10(13-8-19-9-15-13)6-11-2-4-12(5-3-11)18-7-14(16)17/h2-5,8-10H,6-7H2,1H3,(H,16,17)/t10-/m0/s1. The maximum Gasteiger partial charge on any atom is 0.341 e. The second kappa shape index (κ2) is 6.33. The van der Waals surface area contributed by atoms with E-state index in [1.165, 1.54) is 5.56 Å². The lowest BCUT2D eigenvalue weighted by atomic mass is 9.99. The number of nitrogens with zero attached hydrogens (tertiary/aromatic N) is 1. The summed E-state index contributed by atoms with van der Waals surface area (Å²) in [7, 11) is 0. The molecule has 0 radical (unpaired) electrons. The van der Waals surface area contributed by atoms with Crippen LogP contribution in [0.15, 0.2) is 35.2 Å². The highest BCUT2D eigenvalue weighted by Crippen LogP contribution is 2.21. The second-order valence-corrected chi connectivity index (χ2v) is 5.06. The summed E-state index contributed by atoms with van der Waals surface area (Å²) in [6.07, 6.45) is 0.906.